The van der Waals surface area contributed by atoms with E-state index < -0.39 is 0 Å². The van der Waals surface area contributed by atoms with Gasteiger partial charge in [0, 0.05) is 0 Å². The lowest BCUT2D eigenvalue weighted by molar-refractivity contribution is 0.427. The van der Waals surface area contributed by atoms with Gasteiger partial charge in [-0.2, -0.15) is 0 Å². The molecule has 0 N–H and O–H groups in total. The van der Waals surface area contributed by atoms with Crippen LogP contribution in [-0.4, -0.2) is 0 Å². The van der Waals surface area contributed by atoms with E-state index in [0.717, 1.165) is 29.6 Å². The fourth-order valence-corrected chi connectivity index (χ4v) is 5.08. The van der Waals surface area contributed by atoms with Gasteiger partial charge in [0.2, 0.25) is 0 Å². The Balaban J connectivity index is 0. The summed E-state index contributed by atoms with van der Waals surface area (Å²) in [6, 6.07) is 0. The standard InChI is InChI=1S/C9H18.2C9H20/c1-4-7-8(5-2)9(7)6-3;2*1-4-7-9(6-3)8-5-2/h7-9H,4-6H2,1-3H3;2*9H,4-8H2,1-3H3. The van der Waals surface area contributed by atoms with Crippen LogP contribution in [0, 0.1) is 29.6 Å². The summed E-state index contributed by atoms with van der Waals surface area (Å²) in [5, 5.41) is 0. The molecular formula is C27H58. The number of rotatable bonds is 13. The van der Waals surface area contributed by atoms with Crippen LogP contribution in [0.3, 0.4) is 0 Å². The first-order chi connectivity index (χ1) is 13.0. The van der Waals surface area contributed by atoms with Gasteiger partial charge < -0.3 is 0 Å². The molecule has 0 aromatic carbocycles. The van der Waals surface area contributed by atoms with E-state index in [-0.39, 0.29) is 0 Å². The zero-order chi connectivity index (χ0) is 21.1. The van der Waals surface area contributed by atoms with Gasteiger partial charge in [-0.1, -0.05) is 146 Å². The van der Waals surface area contributed by atoms with Crippen LogP contribution >= 0.6 is 0 Å². The molecule has 0 spiro atoms. The smallest absolute Gasteiger partial charge is 0.0355 e. The van der Waals surface area contributed by atoms with Gasteiger partial charge in [0.15, 0.2) is 0 Å². The SMILES string of the molecule is CCC1C(CC)C1CC.CCCC(CC)CCC.CCCC(CC)CCC. The molecule has 0 heterocycles. The van der Waals surface area contributed by atoms with Crippen molar-refractivity contribution in [1.82, 2.24) is 0 Å². The molecule has 27 heavy (non-hydrogen) atoms. The molecule has 0 radical (unpaired) electrons. The lowest BCUT2D eigenvalue weighted by atomic mass is 9.96. The van der Waals surface area contributed by atoms with Crippen LogP contribution in [0.2, 0.25) is 0 Å². The summed E-state index contributed by atoms with van der Waals surface area (Å²) in [5.41, 5.74) is 0. The molecule has 1 saturated carbocycles. The summed E-state index contributed by atoms with van der Waals surface area (Å²) in [7, 11) is 0. The van der Waals surface area contributed by atoms with Crippen molar-refractivity contribution < 1.29 is 0 Å². The van der Waals surface area contributed by atoms with E-state index in [4.69, 9.17) is 0 Å². The van der Waals surface area contributed by atoms with E-state index >= 15 is 0 Å². The zero-order valence-corrected chi connectivity index (χ0v) is 21.1. The third-order valence-electron chi connectivity index (χ3n) is 6.87. The lowest BCUT2D eigenvalue weighted by Crippen LogP contribution is -1.96. The van der Waals surface area contributed by atoms with Crippen LogP contribution in [-0.2, 0) is 0 Å². The van der Waals surface area contributed by atoms with Gasteiger partial charge in [0.25, 0.3) is 0 Å². The molecular weight excluding hydrogens is 324 g/mol. The van der Waals surface area contributed by atoms with Crippen molar-refractivity contribution >= 4 is 0 Å². The van der Waals surface area contributed by atoms with E-state index in [1.165, 1.54) is 83.5 Å². The van der Waals surface area contributed by atoms with Crippen LogP contribution in [0.25, 0.3) is 0 Å². The van der Waals surface area contributed by atoms with E-state index in [9.17, 15) is 0 Å². The molecule has 0 aliphatic heterocycles. The van der Waals surface area contributed by atoms with Crippen molar-refractivity contribution in [2.45, 2.75) is 146 Å². The maximum Gasteiger partial charge on any atom is -0.0355 e. The third kappa shape index (κ3) is 14.6. The van der Waals surface area contributed by atoms with Crippen LogP contribution in [0.5, 0.6) is 0 Å². The van der Waals surface area contributed by atoms with Gasteiger partial charge in [-0.3, -0.25) is 0 Å². The zero-order valence-electron chi connectivity index (χ0n) is 21.1. The minimum absolute atomic E-state index is 1.01. The van der Waals surface area contributed by atoms with E-state index in [0.29, 0.717) is 0 Å². The molecule has 1 aliphatic carbocycles. The molecule has 1 aliphatic rings. The van der Waals surface area contributed by atoms with Crippen LogP contribution in [0.15, 0.2) is 0 Å². The maximum absolute atomic E-state index is 2.32. The highest BCUT2D eigenvalue weighted by atomic mass is 14.5. The molecule has 0 aromatic heterocycles. The van der Waals surface area contributed by atoms with Gasteiger partial charge in [0.1, 0.15) is 0 Å². The molecule has 0 bridgehead atoms. The average Bonchev–Trinajstić information content (AvgIpc) is 3.40. The molecule has 0 atom stereocenters. The highest BCUT2D eigenvalue weighted by Crippen LogP contribution is 2.52. The van der Waals surface area contributed by atoms with Crippen LogP contribution < -0.4 is 0 Å². The third-order valence-corrected chi connectivity index (χ3v) is 6.87. The van der Waals surface area contributed by atoms with Crippen molar-refractivity contribution in [1.29, 1.82) is 0 Å². The Labute approximate surface area is 175 Å². The second-order valence-corrected chi connectivity index (χ2v) is 8.92. The summed E-state index contributed by atoms with van der Waals surface area (Å²) >= 11 is 0. The molecule has 0 heteroatoms. The first kappa shape index (κ1) is 29.2. The van der Waals surface area contributed by atoms with Crippen LogP contribution in [0.4, 0.5) is 0 Å². The molecule has 166 valence electrons. The topological polar surface area (TPSA) is 0 Å². The predicted molar refractivity (Wildman–Crippen MR) is 129 cm³/mol. The van der Waals surface area contributed by atoms with E-state index in [2.05, 4.69) is 62.3 Å². The summed E-state index contributed by atoms with van der Waals surface area (Å²) in [6.45, 7) is 20.7. The summed E-state index contributed by atoms with van der Waals surface area (Å²) in [5.74, 6) is 5.32. The van der Waals surface area contributed by atoms with Gasteiger partial charge >= 0.3 is 0 Å². The second-order valence-electron chi connectivity index (χ2n) is 8.92. The Morgan fingerprint density at radius 1 is 0.407 bits per heavy atom. The van der Waals surface area contributed by atoms with Gasteiger partial charge in [-0.15, -0.1) is 0 Å². The molecule has 1 rings (SSSR count). The highest BCUT2D eigenvalue weighted by Gasteiger charge is 2.45. The first-order valence-corrected chi connectivity index (χ1v) is 13.0. The molecule has 0 nitrogen and oxygen atoms in total. The fourth-order valence-electron chi connectivity index (χ4n) is 5.08. The maximum atomic E-state index is 2.32. The van der Waals surface area contributed by atoms with Crippen molar-refractivity contribution in [3.05, 3.63) is 0 Å². The lowest BCUT2D eigenvalue weighted by Gasteiger charge is -2.10. The molecule has 0 unspecified atom stereocenters. The second kappa shape index (κ2) is 20.7. The Morgan fingerprint density at radius 3 is 0.741 bits per heavy atom. The number of hydrogen-bond donors (Lipinski definition) is 0. The predicted octanol–water partition coefficient (Wildman–Crippen LogP) is 10.3. The first-order valence-electron chi connectivity index (χ1n) is 13.0. The fraction of sp³-hybridized carbons (Fsp3) is 1.00. The van der Waals surface area contributed by atoms with Crippen molar-refractivity contribution in [3.8, 4) is 0 Å². The van der Waals surface area contributed by atoms with Crippen molar-refractivity contribution in [3.63, 3.8) is 0 Å². The Hall–Kier alpha value is 0. The monoisotopic (exact) mass is 382 g/mol. The van der Waals surface area contributed by atoms with Gasteiger partial charge in [0.05, 0.1) is 0 Å². The van der Waals surface area contributed by atoms with Gasteiger partial charge in [-0.25, -0.2) is 0 Å². The van der Waals surface area contributed by atoms with Crippen LogP contribution in [0.1, 0.15) is 146 Å². The average molecular weight is 383 g/mol. The summed E-state index contributed by atoms with van der Waals surface area (Å²) in [6.07, 6.45) is 18.2. The summed E-state index contributed by atoms with van der Waals surface area (Å²) in [4.78, 5) is 0. The quantitative estimate of drug-likeness (QED) is 0.297. The Kier molecular flexibility index (Phi) is 22.4. The summed E-state index contributed by atoms with van der Waals surface area (Å²) < 4.78 is 0. The molecule has 0 amide bonds. The van der Waals surface area contributed by atoms with Gasteiger partial charge in [-0.05, 0) is 29.6 Å². The largest absolute Gasteiger partial charge is 0.0654 e. The molecule has 0 saturated heterocycles. The normalized spacial score (nSPS) is 20.8. The minimum atomic E-state index is 1.01. The van der Waals surface area contributed by atoms with Crippen molar-refractivity contribution in [2.24, 2.45) is 29.6 Å². The molecule has 0 aromatic rings. The van der Waals surface area contributed by atoms with E-state index in [1.54, 1.807) is 0 Å². The van der Waals surface area contributed by atoms with E-state index in [1.807, 2.05) is 0 Å². The van der Waals surface area contributed by atoms with Crippen molar-refractivity contribution in [2.75, 3.05) is 0 Å². The Morgan fingerprint density at radius 2 is 0.630 bits per heavy atom. The Bertz CT molecular complexity index is 211. The minimum Gasteiger partial charge on any atom is -0.0654 e. The highest BCUT2D eigenvalue weighted by molar-refractivity contribution is 4.93. The molecule has 1 fully saturated rings. The number of hydrogen-bond acceptors (Lipinski definition) is 0.